The molecule has 0 amide bonds. The molecule has 2 unspecified atom stereocenters. The van der Waals surface area contributed by atoms with Gasteiger partial charge in [-0.3, -0.25) is 0 Å². The van der Waals surface area contributed by atoms with Crippen molar-refractivity contribution in [3.05, 3.63) is 29.8 Å². The molecule has 0 aromatic heterocycles. The predicted molar refractivity (Wildman–Crippen MR) is 116 cm³/mol. The van der Waals surface area contributed by atoms with Gasteiger partial charge in [0.15, 0.2) is 14.4 Å². The minimum atomic E-state index is -2.18. The smallest absolute Gasteiger partial charge is 0.338 e. The van der Waals surface area contributed by atoms with Crippen LogP contribution in [0, 0.1) is 0 Å². The average Bonchev–Trinajstić information content (AvgIpc) is 2.55. The van der Waals surface area contributed by atoms with Gasteiger partial charge in [0.05, 0.1) is 0 Å². The lowest BCUT2D eigenvalue weighted by Gasteiger charge is -2.39. The highest BCUT2D eigenvalue weighted by atomic mass is 28.4. The SMILES string of the molecule is CC(C)(C)OC(=O)C(COc1ccc(C(N)CN)cc1)O[Si](C)(C)C(C)(C)C. The summed E-state index contributed by atoms with van der Waals surface area (Å²) in [6, 6.07) is 7.20. The third kappa shape index (κ3) is 7.54. The first-order valence-electron chi connectivity index (χ1n) is 9.75. The number of nitrogens with two attached hydrogens (primary N) is 2. The Hall–Kier alpha value is -1.41. The Morgan fingerprint density at radius 2 is 1.61 bits per heavy atom. The fraction of sp³-hybridized carbons (Fsp3) is 0.667. The van der Waals surface area contributed by atoms with Crippen molar-refractivity contribution in [3.63, 3.8) is 0 Å². The van der Waals surface area contributed by atoms with Crippen LogP contribution >= 0.6 is 0 Å². The fourth-order valence-corrected chi connectivity index (χ4v) is 3.40. The molecule has 0 fully saturated rings. The maximum atomic E-state index is 12.7. The van der Waals surface area contributed by atoms with Gasteiger partial charge in [0.25, 0.3) is 0 Å². The number of ether oxygens (including phenoxy) is 2. The lowest BCUT2D eigenvalue weighted by molar-refractivity contribution is -0.165. The van der Waals surface area contributed by atoms with E-state index in [1.165, 1.54) is 0 Å². The molecular formula is C21H38N2O4Si. The summed E-state index contributed by atoms with van der Waals surface area (Å²) in [4.78, 5) is 12.7. The molecule has 0 aliphatic carbocycles. The molecule has 0 heterocycles. The van der Waals surface area contributed by atoms with E-state index in [9.17, 15) is 4.79 Å². The van der Waals surface area contributed by atoms with Gasteiger partial charge in [-0.25, -0.2) is 4.79 Å². The minimum absolute atomic E-state index is 0.0345. The van der Waals surface area contributed by atoms with Gasteiger partial charge in [0.2, 0.25) is 0 Å². The number of carbonyl (C=O) groups is 1. The molecule has 0 radical (unpaired) electrons. The van der Waals surface area contributed by atoms with E-state index < -0.39 is 26.0 Å². The highest BCUT2D eigenvalue weighted by Gasteiger charge is 2.42. The van der Waals surface area contributed by atoms with Crippen LogP contribution in [0.3, 0.4) is 0 Å². The van der Waals surface area contributed by atoms with E-state index in [0.717, 1.165) is 5.56 Å². The Morgan fingerprint density at radius 1 is 1.07 bits per heavy atom. The zero-order valence-corrected chi connectivity index (χ0v) is 19.7. The summed E-state index contributed by atoms with van der Waals surface area (Å²) in [5, 5.41) is -0.0345. The number of hydrogen-bond donors (Lipinski definition) is 2. The van der Waals surface area contributed by atoms with E-state index in [-0.39, 0.29) is 17.7 Å². The van der Waals surface area contributed by atoms with Crippen molar-refractivity contribution in [2.45, 2.75) is 77.4 Å². The Bertz CT molecular complexity index is 633. The third-order valence-electron chi connectivity index (χ3n) is 4.88. The Morgan fingerprint density at radius 3 is 2.04 bits per heavy atom. The molecule has 28 heavy (non-hydrogen) atoms. The molecule has 0 saturated heterocycles. The topological polar surface area (TPSA) is 96.8 Å². The van der Waals surface area contributed by atoms with Crippen molar-refractivity contribution in [2.24, 2.45) is 11.5 Å². The highest BCUT2D eigenvalue weighted by molar-refractivity contribution is 6.74. The van der Waals surface area contributed by atoms with Crippen LogP contribution in [-0.2, 0) is 14.0 Å². The van der Waals surface area contributed by atoms with Crippen LogP contribution in [0.1, 0.15) is 53.1 Å². The summed E-state index contributed by atoms with van der Waals surface area (Å²) >= 11 is 0. The molecule has 1 aromatic carbocycles. The van der Waals surface area contributed by atoms with Crippen LogP contribution in [0.2, 0.25) is 18.1 Å². The number of carbonyl (C=O) groups excluding carboxylic acids is 1. The van der Waals surface area contributed by atoms with Gasteiger partial charge in [-0.05, 0) is 56.6 Å². The van der Waals surface area contributed by atoms with E-state index in [2.05, 4.69) is 33.9 Å². The fourth-order valence-electron chi connectivity index (χ4n) is 2.17. The normalized spacial score (nSPS) is 15.1. The summed E-state index contributed by atoms with van der Waals surface area (Å²) in [7, 11) is -2.18. The first-order chi connectivity index (χ1) is 12.7. The largest absolute Gasteiger partial charge is 0.490 e. The van der Waals surface area contributed by atoms with Crippen LogP contribution in [0.25, 0.3) is 0 Å². The van der Waals surface area contributed by atoms with Crippen molar-refractivity contribution < 1.29 is 18.7 Å². The van der Waals surface area contributed by atoms with Crippen molar-refractivity contribution in [2.75, 3.05) is 13.2 Å². The van der Waals surface area contributed by atoms with Crippen molar-refractivity contribution in [3.8, 4) is 5.75 Å². The predicted octanol–water partition coefficient (Wildman–Crippen LogP) is 3.76. The molecule has 160 valence electrons. The zero-order chi connectivity index (χ0) is 21.8. The summed E-state index contributed by atoms with van der Waals surface area (Å²) in [6.45, 7) is 16.6. The molecule has 7 heteroatoms. The Kier molecular flexibility index (Phi) is 8.26. The minimum Gasteiger partial charge on any atom is -0.490 e. The second kappa shape index (κ2) is 9.39. The quantitative estimate of drug-likeness (QED) is 0.500. The van der Waals surface area contributed by atoms with E-state index in [1.54, 1.807) is 0 Å². The molecule has 0 aliphatic rings. The molecule has 1 aromatic rings. The number of esters is 1. The van der Waals surface area contributed by atoms with E-state index in [0.29, 0.717) is 12.3 Å². The average molecular weight is 411 g/mol. The maximum absolute atomic E-state index is 12.7. The van der Waals surface area contributed by atoms with Gasteiger partial charge in [-0.15, -0.1) is 0 Å². The molecule has 0 spiro atoms. The number of rotatable bonds is 8. The number of benzene rings is 1. The lowest BCUT2D eigenvalue weighted by Crippen LogP contribution is -2.49. The van der Waals surface area contributed by atoms with Crippen molar-refractivity contribution in [1.82, 2.24) is 0 Å². The van der Waals surface area contributed by atoms with Crippen LogP contribution in [0.5, 0.6) is 5.75 Å². The molecule has 0 saturated carbocycles. The third-order valence-corrected chi connectivity index (χ3v) is 9.36. The van der Waals surface area contributed by atoms with Gasteiger partial charge in [-0.1, -0.05) is 32.9 Å². The van der Waals surface area contributed by atoms with Gasteiger partial charge >= 0.3 is 5.97 Å². The van der Waals surface area contributed by atoms with E-state index in [4.69, 9.17) is 25.4 Å². The lowest BCUT2D eigenvalue weighted by atomic mass is 10.1. The number of hydrogen-bond acceptors (Lipinski definition) is 6. The van der Waals surface area contributed by atoms with Gasteiger partial charge in [0.1, 0.15) is 18.0 Å². The van der Waals surface area contributed by atoms with E-state index in [1.807, 2.05) is 45.0 Å². The summed E-state index contributed by atoms with van der Waals surface area (Å²) in [6.07, 6.45) is -0.786. The molecule has 0 bridgehead atoms. The molecule has 2 atom stereocenters. The standard InChI is InChI=1S/C21H38N2O4Si/c1-20(2,3)26-19(24)18(27-28(7,8)21(4,5)6)14-25-16-11-9-15(10-12-16)17(23)13-22/h9-12,17-18H,13-14,22-23H2,1-8H3. The molecule has 1 rings (SSSR count). The first kappa shape index (κ1) is 24.6. The second-order valence-corrected chi connectivity index (χ2v) is 14.4. The summed E-state index contributed by atoms with van der Waals surface area (Å²) in [5.41, 5.74) is 11.9. The summed E-state index contributed by atoms with van der Waals surface area (Å²) < 4.78 is 17.7. The van der Waals surface area contributed by atoms with Crippen molar-refractivity contribution in [1.29, 1.82) is 0 Å². The molecule has 4 N–H and O–H groups in total. The summed E-state index contributed by atoms with van der Waals surface area (Å²) in [5.74, 6) is 0.236. The van der Waals surface area contributed by atoms with E-state index >= 15 is 0 Å². The zero-order valence-electron chi connectivity index (χ0n) is 18.7. The van der Waals surface area contributed by atoms with Gasteiger partial charge in [0, 0.05) is 12.6 Å². The second-order valence-electron chi connectivity index (χ2n) is 9.62. The monoisotopic (exact) mass is 410 g/mol. The highest BCUT2D eigenvalue weighted by Crippen LogP contribution is 2.37. The van der Waals surface area contributed by atoms with Gasteiger partial charge < -0.3 is 25.4 Å². The Labute approximate surface area is 171 Å². The van der Waals surface area contributed by atoms with Crippen LogP contribution in [0.15, 0.2) is 24.3 Å². The Balaban J connectivity index is 2.92. The van der Waals surface area contributed by atoms with Crippen LogP contribution < -0.4 is 16.2 Å². The maximum Gasteiger partial charge on any atom is 0.338 e. The van der Waals surface area contributed by atoms with Crippen LogP contribution in [0.4, 0.5) is 0 Å². The molecular weight excluding hydrogens is 372 g/mol. The van der Waals surface area contributed by atoms with Crippen LogP contribution in [-0.4, -0.2) is 39.1 Å². The molecule has 0 aliphatic heterocycles. The van der Waals surface area contributed by atoms with Crippen molar-refractivity contribution >= 4 is 14.3 Å². The van der Waals surface area contributed by atoms with Gasteiger partial charge in [-0.2, -0.15) is 0 Å². The first-order valence-corrected chi connectivity index (χ1v) is 12.7. The molecule has 6 nitrogen and oxygen atoms in total.